The largest absolute Gasteiger partial charge is 0.378 e. The molecule has 2 aromatic rings. The van der Waals surface area contributed by atoms with E-state index in [9.17, 15) is 9.59 Å². The molecule has 2 rings (SSSR count). The third-order valence-corrected chi connectivity index (χ3v) is 3.90. The monoisotopic (exact) mass is 354 g/mol. The van der Waals surface area contributed by atoms with E-state index in [1.807, 2.05) is 43.3 Å². The van der Waals surface area contributed by atoms with E-state index in [0.717, 1.165) is 12.1 Å². The van der Waals surface area contributed by atoms with Crippen molar-refractivity contribution in [3.8, 4) is 0 Å². The molecule has 0 aliphatic carbocycles. The highest BCUT2D eigenvalue weighted by Gasteiger charge is 2.12. The van der Waals surface area contributed by atoms with Gasteiger partial charge >= 0.3 is 0 Å². The van der Waals surface area contributed by atoms with Crippen molar-refractivity contribution in [2.24, 2.45) is 5.92 Å². The Morgan fingerprint density at radius 2 is 1.77 bits per heavy atom. The van der Waals surface area contributed by atoms with Gasteiger partial charge in [-0.3, -0.25) is 14.6 Å². The van der Waals surface area contributed by atoms with Gasteiger partial charge in [0.25, 0.3) is 11.8 Å². The third kappa shape index (κ3) is 5.58. The molecule has 1 aromatic carbocycles. The Morgan fingerprint density at radius 1 is 1.08 bits per heavy atom. The summed E-state index contributed by atoms with van der Waals surface area (Å²) < 4.78 is 0. The molecule has 2 N–H and O–H groups in total. The third-order valence-electron chi connectivity index (χ3n) is 3.90. The molecule has 0 saturated carbocycles. The number of anilines is 2. The van der Waals surface area contributed by atoms with Crippen molar-refractivity contribution < 1.29 is 9.59 Å². The Morgan fingerprint density at radius 3 is 2.38 bits per heavy atom. The molecule has 0 bridgehead atoms. The lowest BCUT2D eigenvalue weighted by atomic mass is 10.1. The van der Waals surface area contributed by atoms with Crippen LogP contribution in [0.2, 0.25) is 0 Å². The summed E-state index contributed by atoms with van der Waals surface area (Å²) in [6.45, 7) is 4.82. The van der Waals surface area contributed by atoms with E-state index >= 15 is 0 Å². The van der Waals surface area contributed by atoms with Gasteiger partial charge in [-0.25, -0.2) is 0 Å². The number of nitrogens with zero attached hydrogens (tertiary/aromatic N) is 2. The first kappa shape index (κ1) is 19.4. The van der Waals surface area contributed by atoms with E-state index in [0.29, 0.717) is 23.7 Å². The van der Waals surface area contributed by atoms with Gasteiger partial charge in [0.1, 0.15) is 5.69 Å². The molecule has 26 heavy (non-hydrogen) atoms. The number of hydrogen-bond donors (Lipinski definition) is 2. The summed E-state index contributed by atoms with van der Waals surface area (Å²) in [7, 11) is 3.91. The second-order valence-electron chi connectivity index (χ2n) is 6.76. The maximum atomic E-state index is 12.4. The fraction of sp³-hybridized carbons (Fsp3) is 0.350. The fourth-order valence-electron chi connectivity index (χ4n) is 2.31. The first-order valence-electron chi connectivity index (χ1n) is 8.70. The van der Waals surface area contributed by atoms with Gasteiger partial charge in [0.15, 0.2) is 0 Å². The van der Waals surface area contributed by atoms with Crippen molar-refractivity contribution in [2.45, 2.75) is 20.3 Å². The minimum atomic E-state index is -0.348. The number of nitrogens with one attached hydrogen (secondary N) is 2. The van der Waals surface area contributed by atoms with Crippen LogP contribution in [0.3, 0.4) is 0 Å². The molecule has 1 aromatic heterocycles. The van der Waals surface area contributed by atoms with Crippen LogP contribution in [0.1, 0.15) is 41.1 Å². The summed E-state index contributed by atoms with van der Waals surface area (Å²) in [6, 6.07) is 10.6. The fourth-order valence-corrected chi connectivity index (χ4v) is 2.31. The van der Waals surface area contributed by atoms with E-state index in [2.05, 4.69) is 29.5 Å². The standard InChI is InChI=1S/C20H26N4O2/c1-14(2)9-11-22-19(25)15-10-12-21-18(13-15)20(26)23-16-5-7-17(8-6-16)24(3)4/h5-8,10,12-14H,9,11H2,1-4H3,(H,22,25)(H,23,26). The Bertz CT molecular complexity index is 755. The average molecular weight is 354 g/mol. The summed E-state index contributed by atoms with van der Waals surface area (Å²) >= 11 is 0. The van der Waals surface area contributed by atoms with Crippen molar-refractivity contribution in [1.82, 2.24) is 10.3 Å². The van der Waals surface area contributed by atoms with E-state index in [1.165, 1.54) is 12.3 Å². The average Bonchev–Trinajstić information content (AvgIpc) is 2.62. The van der Waals surface area contributed by atoms with Gasteiger partial charge in [0, 0.05) is 43.8 Å². The lowest BCUT2D eigenvalue weighted by Crippen LogP contribution is -2.26. The van der Waals surface area contributed by atoms with Crippen LogP contribution in [0, 0.1) is 5.92 Å². The second kappa shape index (κ2) is 8.99. The van der Waals surface area contributed by atoms with Crippen molar-refractivity contribution >= 4 is 23.2 Å². The van der Waals surface area contributed by atoms with E-state index in [1.54, 1.807) is 6.07 Å². The van der Waals surface area contributed by atoms with Gasteiger partial charge in [-0.2, -0.15) is 0 Å². The Labute approximate surface area is 154 Å². The Balaban J connectivity index is 2.01. The number of carbonyl (C=O) groups is 2. The zero-order chi connectivity index (χ0) is 19.1. The number of carbonyl (C=O) groups excluding carboxylic acids is 2. The molecule has 6 nitrogen and oxygen atoms in total. The lowest BCUT2D eigenvalue weighted by Gasteiger charge is -2.13. The minimum Gasteiger partial charge on any atom is -0.378 e. The summed E-state index contributed by atoms with van der Waals surface area (Å²) in [5, 5.41) is 5.66. The smallest absolute Gasteiger partial charge is 0.274 e. The highest BCUT2D eigenvalue weighted by Crippen LogP contribution is 2.16. The van der Waals surface area contributed by atoms with Gasteiger partial charge in [-0.05, 0) is 48.7 Å². The van der Waals surface area contributed by atoms with Gasteiger partial charge < -0.3 is 15.5 Å². The van der Waals surface area contributed by atoms with Gasteiger partial charge in [-0.15, -0.1) is 0 Å². The number of rotatable bonds is 7. The maximum Gasteiger partial charge on any atom is 0.274 e. The zero-order valence-electron chi connectivity index (χ0n) is 15.7. The van der Waals surface area contributed by atoms with E-state index in [4.69, 9.17) is 0 Å². The van der Waals surface area contributed by atoms with Crippen molar-refractivity contribution in [1.29, 1.82) is 0 Å². The molecular formula is C20H26N4O2. The van der Waals surface area contributed by atoms with Crippen LogP contribution >= 0.6 is 0 Å². The molecule has 1 heterocycles. The SMILES string of the molecule is CC(C)CCNC(=O)c1ccnc(C(=O)Nc2ccc(N(C)C)cc2)c1. The molecule has 138 valence electrons. The summed E-state index contributed by atoms with van der Waals surface area (Å²) in [5.41, 5.74) is 2.35. The van der Waals surface area contributed by atoms with Crippen LogP contribution < -0.4 is 15.5 Å². The summed E-state index contributed by atoms with van der Waals surface area (Å²) in [4.78, 5) is 30.6. The van der Waals surface area contributed by atoms with Gasteiger partial charge in [0.05, 0.1) is 0 Å². The minimum absolute atomic E-state index is 0.197. The van der Waals surface area contributed by atoms with E-state index < -0.39 is 0 Å². The number of aromatic nitrogens is 1. The van der Waals surface area contributed by atoms with Crippen molar-refractivity contribution in [3.05, 3.63) is 53.9 Å². The van der Waals surface area contributed by atoms with Gasteiger partial charge in [-0.1, -0.05) is 13.8 Å². The zero-order valence-corrected chi connectivity index (χ0v) is 15.7. The number of amides is 2. The molecule has 0 aliphatic heterocycles. The van der Waals surface area contributed by atoms with Crippen molar-refractivity contribution in [3.63, 3.8) is 0 Å². The molecule has 0 radical (unpaired) electrons. The highest BCUT2D eigenvalue weighted by molar-refractivity contribution is 6.04. The number of benzene rings is 1. The second-order valence-corrected chi connectivity index (χ2v) is 6.76. The molecule has 0 aliphatic rings. The molecule has 6 heteroatoms. The molecule has 0 saturated heterocycles. The molecule has 0 unspecified atom stereocenters. The maximum absolute atomic E-state index is 12.4. The lowest BCUT2D eigenvalue weighted by molar-refractivity contribution is 0.0952. The normalized spacial score (nSPS) is 10.5. The number of hydrogen-bond acceptors (Lipinski definition) is 4. The topological polar surface area (TPSA) is 74.3 Å². The van der Waals surface area contributed by atoms with Crippen molar-refractivity contribution in [2.75, 3.05) is 30.9 Å². The van der Waals surface area contributed by atoms with Crippen LogP contribution in [0.15, 0.2) is 42.6 Å². The van der Waals surface area contributed by atoms with Crippen LogP contribution in [0.5, 0.6) is 0 Å². The molecule has 2 amide bonds. The van der Waals surface area contributed by atoms with Gasteiger partial charge in [0.2, 0.25) is 0 Å². The Kier molecular flexibility index (Phi) is 6.72. The van der Waals surface area contributed by atoms with Crippen LogP contribution in [0.25, 0.3) is 0 Å². The van der Waals surface area contributed by atoms with E-state index in [-0.39, 0.29) is 17.5 Å². The summed E-state index contributed by atoms with van der Waals surface area (Å²) in [5.74, 6) is -0.0233. The van der Waals surface area contributed by atoms with Crippen LogP contribution in [-0.4, -0.2) is 37.4 Å². The predicted molar refractivity (Wildman–Crippen MR) is 105 cm³/mol. The molecule has 0 spiro atoms. The summed E-state index contributed by atoms with van der Waals surface area (Å²) in [6.07, 6.45) is 2.38. The Hall–Kier alpha value is -2.89. The number of pyridine rings is 1. The first-order valence-corrected chi connectivity index (χ1v) is 8.70. The predicted octanol–water partition coefficient (Wildman–Crippen LogP) is 3.18. The van der Waals surface area contributed by atoms with Crippen LogP contribution in [-0.2, 0) is 0 Å². The first-order chi connectivity index (χ1) is 12.4. The molecule has 0 fully saturated rings. The quantitative estimate of drug-likeness (QED) is 0.801. The highest BCUT2D eigenvalue weighted by atomic mass is 16.2. The molecule has 0 atom stereocenters. The molecular weight excluding hydrogens is 328 g/mol. The van der Waals surface area contributed by atoms with Crippen LogP contribution in [0.4, 0.5) is 11.4 Å².